The smallest absolute Gasteiger partial charge is 0.228 e. The van der Waals surface area contributed by atoms with E-state index in [0.29, 0.717) is 10.8 Å². The lowest BCUT2D eigenvalue weighted by Crippen LogP contribution is -2.34. The Morgan fingerprint density at radius 3 is 2.82 bits per heavy atom. The van der Waals surface area contributed by atoms with Crippen molar-refractivity contribution in [1.82, 2.24) is 15.1 Å². The third kappa shape index (κ3) is 3.15. The molecule has 3 rings (SSSR count). The number of hydrogen-bond donors (Lipinski definition) is 2. The number of piperidine rings is 1. The molecule has 1 saturated heterocycles. The molecule has 0 radical (unpaired) electrons. The van der Waals surface area contributed by atoms with E-state index < -0.39 is 0 Å². The van der Waals surface area contributed by atoms with Crippen LogP contribution < -0.4 is 10.6 Å². The molecule has 1 fully saturated rings. The van der Waals surface area contributed by atoms with Gasteiger partial charge in [-0.15, -0.1) is 5.10 Å². The quantitative estimate of drug-likeness (QED) is 0.915. The van der Waals surface area contributed by atoms with Crippen LogP contribution in [-0.4, -0.2) is 28.8 Å². The Balaban J connectivity index is 1.78. The van der Waals surface area contributed by atoms with Crippen LogP contribution in [0.3, 0.4) is 0 Å². The molecule has 0 atom stereocenters. The van der Waals surface area contributed by atoms with Crippen LogP contribution in [0.4, 0.5) is 5.82 Å². The van der Waals surface area contributed by atoms with Crippen LogP contribution in [-0.2, 0) is 4.79 Å². The molecule has 2 aromatic rings. The molecule has 0 saturated carbocycles. The van der Waals surface area contributed by atoms with Crippen LogP contribution in [0, 0.1) is 12.8 Å². The van der Waals surface area contributed by atoms with Crippen molar-refractivity contribution in [3.8, 4) is 5.69 Å². The number of halogens is 1. The molecule has 2 N–H and O–H groups in total. The maximum atomic E-state index is 12.3. The van der Waals surface area contributed by atoms with Gasteiger partial charge >= 0.3 is 0 Å². The van der Waals surface area contributed by atoms with Crippen molar-refractivity contribution in [1.29, 1.82) is 0 Å². The van der Waals surface area contributed by atoms with Crippen molar-refractivity contribution in [3.05, 3.63) is 41.0 Å². The Kier molecular flexibility index (Phi) is 4.45. The minimum absolute atomic E-state index is 0.0466. The highest BCUT2D eigenvalue weighted by Crippen LogP contribution is 2.23. The minimum atomic E-state index is 0.0466. The fourth-order valence-electron chi connectivity index (χ4n) is 2.72. The summed E-state index contributed by atoms with van der Waals surface area (Å²) in [4.78, 5) is 12.3. The zero-order valence-corrected chi connectivity index (χ0v) is 13.2. The summed E-state index contributed by atoms with van der Waals surface area (Å²) in [5, 5.41) is 11.3. The molecule has 1 amide bonds. The summed E-state index contributed by atoms with van der Waals surface area (Å²) in [5.74, 6) is 0.679. The van der Waals surface area contributed by atoms with E-state index in [1.165, 1.54) is 0 Å². The molecule has 0 bridgehead atoms. The largest absolute Gasteiger partial charge is 0.317 e. The van der Waals surface area contributed by atoms with Gasteiger partial charge in [0.2, 0.25) is 5.91 Å². The lowest BCUT2D eigenvalue weighted by atomic mass is 9.97. The van der Waals surface area contributed by atoms with E-state index in [9.17, 15) is 4.79 Å². The van der Waals surface area contributed by atoms with Crippen molar-refractivity contribution in [2.45, 2.75) is 19.8 Å². The summed E-state index contributed by atoms with van der Waals surface area (Å²) in [6, 6.07) is 9.38. The number of nitrogens with zero attached hydrogens (tertiary/aromatic N) is 2. The van der Waals surface area contributed by atoms with Crippen LogP contribution in [0.25, 0.3) is 5.69 Å². The first-order chi connectivity index (χ1) is 10.6. The second-order valence-electron chi connectivity index (χ2n) is 5.55. The molecule has 6 heteroatoms. The van der Waals surface area contributed by atoms with E-state index >= 15 is 0 Å². The van der Waals surface area contributed by atoms with E-state index in [2.05, 4.69) is 15.7 Å². The van der Waals surface area contributed by atoms with Crippen molar-refractivity contribution >= 4 is 23.3 Å². The summed E-state index contributed by atoms with van der Waals surface area (Å²) in [6.07, 6.45) is 1.74. The number of carbonyl (C=O) groups excluding carboxylic acids is 1. The maximum absolute atomic E-state index is 12.3. The van der Waals surface area contributed by atoms with Crippen molar-refractivity contribution < 1.29 is 4.79 Å². The normalized spacial score (nSPS) is 15.7. The van der Waals surface area contributed by atoms with Gasteiger partial charge in [-0.1, -0.05) is 23.7 Å². The minimum Gasteiger partial charge on any atom is -0.317 e. The monoisotopic (exact) mass is 318 g/mol. The third-order valence-electron chi connectivity index (χ3n) is 3.93. The summed E-state index contributed by atoms with van der Waals surface area (Å²) < 4.78 is 1.75. The highest BCUT2D eigenvalue weighted by molar-refractivity contribution is 6.32. The molecule has 1 aliphatic heterocycles. The van der Waals surface area contributed by atoms with Gasteiger partial charge in [0.25, 0.3) is 0 Å². The number of hydrogen-bond acceptors (Lipinski definition) is 3. The van der Waals surface area contributed by atoms with Gasteiger partial charge in [-0.2, -0.15) is 0 Å². The summed E-state index contributed by atoms with van der Waals surface area (Å²) in [6.45, 7) is 3.73. The second kappa shape index (κ2) is 6.50. The molecule has 5 nitrogen and oxygen atoms in total. The Bertz CT molecular complexity index is 677. The van der Waals surface area contributed by atoms with E-state index in [-0.39, 0.29) is 11.8 Å². The standard InChI is InChI=1S/C16H19ClN4O/c1-11-10-15(19-16(22)12-6-8-18-9-7-12)20-21(11)14-5-3-2-4-13(14)17/h2-5,10,12,18H,6-9H2,1H3,(H,19,20,22). The number of aryl methyl sites for hydroxylation is 1. The molecule has 1 aromatic heterocycles. The van der Waals surface area contributed by atoms with Crippen LogP contribution >= 0.6 is 11.6 Å². The number of para-hydroxylation sites is 1. The molecule has 22 heavy (non-hydrogen) atoms. The number of benzene rings is 1. The molecule has 2 heterocycles. The summed E-state index contributed by atoms with van der Waals surface area (Å²) >= 11 is 6.21. The first-order valence-corrected chi connectivity index (χ1v) is 7.86. The third-order valence-corrected chi connectivity index (χ3v) is 4.25. The van der Waals surface area contributed by atoms with Gasteiger partial charge in [0, 0.05) is 17.7 Å². The van der Waals surface area contributed by atoms with Crippen molar-refractivity contribution in [2.75, 3.05) is 18.4 Å². The molecule has 1 aliphatic rings. The number of anilines is 1. The zero-order chi connectivity index (χ0) is 15.5. The van der Waals surface area contributed by atoms with Crippen LogP contribution in [0.2, 0.25) is 5.02 Å². The van der Waals surface area contributed by atoms with Gasteiger partial charge in [-0.05, 0) is 45.0 Å². The number of carbonyl (C=O) groups is 1. The van der Waals surface area contributed by atoms with Gasteiger partial charge in [0.05, 0.1) is 10.7 Å². The summed E-state index contributed by atoms with van der Waals surface area (Å²) in [5.41, 5.74) is 1.73. The van der Waals surface area contributed by atoms with Gasteiger partial charge in [-0.25, -0.2) is 4.68 Å². The van der Waals surface area contributed by atoms with E-state index in [0.717, 1.165) is 37.3 Å². The van der Waals surface area contributed by atoms with Gasteiger partial charge < -0.3 is 10.6 Å². The first-order valence-electron chi connectivity index (χ1n) is 7.48. The predicted octanol–water partition coefficient (Wildman–Crippen LogP) is 2.77. The van der Waals surface area contributed by atoms with Crippen molar-refractivity contribution in [3.63, 3.8) is 0 Å². The van der Waals surface area contributed by atoms with E-state index in [1.54, 1.807) is 4.68 Å². The maximum Gasteiger partial charge on any atom is 0.228 e. The molecular formula is C16H19ClN4O. The van der Waals surface area contributed by atoms with Crippen LogP contribution in [0.1, 0.15) is 18.5 Å². The summed E-state index contributed by atoms with van der Waals surface area (Å²) in [7, 11) is 0. The fourth-order valence-corrected chi connectivity index (χ4v) is 2.93. The van der Waals surface area contributed by atoms with Crippen LogP contribution in [0.15, 0.2) is 30.3 Å². The highest BCUT2D eigenvalue weighted by atomic mass is 35.5. The van der Waals surface area contributed by atoms with Gasteiger partial charge in [-0.3, -0.25) is 4.79 Å². The molecular weight excluding hydrogens is 300 g/mol. The first kappa shape index (κ1) is 15.1. The highest BCUT2D eigenvalue weighted by Gasteiger charge is 2.22. The predicted molar refractivity (Wildman–Crippen MR) is 87.5 cm³/mol. The fraction of sp³-hybridized carbons (Fsp3) is 0.375. The number of aromatic nitrogens is 2. The Labute approximate surface area is 134 Å². The van der Waals surface area contributed by atoms with Gasteiger partial charge in [0.1, 0.15) is 0 Å². The topological polar surface area (TPSA) is 59.0 Å². The SMILES string of the molecule is Cc1cc(NC(=O)C2CCNCC2)nn1-c1ccccc1Cl. The molecule has 0 aliphatic carbocycles. The number of rotatable bonds is 3. The number of nitrogens with one attached hydrogen (secondary N) is 2. The average molecular weight is 319 g/mol. The Morgan fingerprint density at radius 2 is 2.09 bits per heavy atom. The lowest BCUT2D eigenvalue weighted by Gasteiger charge is -2.21. The Hall–Kier alpha value is -1.85. The molecule has 1 aromatic carbocycles. The van der Waals surface area contributed by atoms with Gasteiger partial charge in [0.15, 0.2) is 5.82 Å². The lowest BCUT2D eigenvalue weighted by molar-refractivity contribution is -0.120. The van der Waals surface area contributed by atoms with Crippen molar-refractivity contribution in [2.24, 2.45) is 5.92 Å². The average Bonchev–Trinajstić information content (AvgIpc) is 2.89. The number of amides is 1. The van der Waals surface area contributed by atoms with E-state index in [1.807, 2.05) is 37.3 Å². The van der Waals surface area contributed by atoms with E-state index in [4.69, 9.17) is 11.6 Å². The second-order valence-corrected chi connectivity index (χ2v) is 5.95. The molecule has 116 valence electrons. The molecule has 0 unspecified atom stereocenters. The van der Waals surface area contributed by atoms with Crippen LogP contribution in [0.5, 0.6) is 0 Å². The molecule has 0 spiro atoms. The Morgan fingerprint density at radius 1 is 1.36 bits per heavy atom. The zero-order valence-electron chi connectivity index (χ0n) is 12.5.